The Morgan fingerprint density at radius 3 is 2.60 bits per heavy atom. The molecule has 0 aliphatic carbocycles. The van der Waals surface area contributed by atoms with Crippen LogP contribution in [-0.2, 0) is 11.3 Å². The highest BCUT2D eigenvalue weighted by atomic mass is 32.1. The number of alkyl halides is 3. The number of hydrogen-bond donors (Lipinski definition) is 1. The van der Waals surface area contributed by atoms with Crippen LogP contribution in [0, 0.1) is 0 Å². The van der Waals surface area contributed by atoms with Crippen molar-refractivity contribution < 1.29 is 18.0 Å². The molecule has 0 spiro atoms. The number of halogens is 3. The van der Waals surface area contributed by atoms with Gasteiger partial charge < -0.3 is 10.2 Å². The predicted molar refractivity (Wildman–Crippen MR) is 91.1 cm³/mol. The topological polar surface area (TPSA) is 32.3 Å². The minimum atomic E-state index is -4.88. The van der Waals surface area contributed by atoms with Crippen LogP contribution in [0.2, 0.25) is 0 Å². The van der Waals surface area contributed by atoms with Gasteiger partial charge >= 0.3 is 12.1 Å². The Morgan fingerprint density at radius 1 is 1.20 bits per heavy atom. The summed E-state index contributed by atoms with van der Waals surface area (Å²) in [5.74, 6) is -1.77. The molecule has 2 aromatic rings. The Kier molecular flexibility index (Phi) is 5.44. The molecule has 2 atom stereocenters. The summed E-state index contributed by atoms with van der Waals surface area (Å²) in [6.07, 6.45) is -3.60. The van der Waals surface area contributed by atoms with Crippen molar-refractivity contribution in [2.45, 2.75) is 37.6 Å². The number of carbonyl (C=O) groups is 1. The molecule has 0 radical (unpaired) electrons. The van der Waals surface area contributed by atoms with E-state index in [1.54, 1.807) is 30.3 Å². The fourth-order valence-electron chi connectivity index (χ4n) is 3.25. The van der Waals surface area contributed by atoms with Crippen molar-refractivity contribution in [3.8, 4) is 0 Å². The lowest BCUT2D eigenvalue weighted by atomic mass is 9.94. The van der Waals surface area contributed by atoms with Crippen molar-refractivity contribution >= 4 is 17.2 Å². The number of amides is 1. The van der Waals surface area contributed by atoms with E-state index in [9.17, 15) is 18.0 Å². The lowest BCUT2D eigenvalue weighted by Gasteiger charge is -2.40. The number of piperidine rings is 1. The van der Waals surface area contributed by atoms with E-state index < -0.39 is 18.1 Å². The maximum Gasteiger partial charge on any atom is 0.471 e. The molecule has 0 unspecified atom stereocenters. The Bertz CT molecular complexity index is 688. The molecule has 1 amide bonds. The molecule has 0 bridgehead atoms. The van der Waals surface area contributed by atoms with E-state index in [1.807, 2.05) is 17.5 Å². The molecule has 7 heteroatoms. The van der Waals surface area contributed by atoms with Crippen molar-refractivity contribution in [1.29, 1.82) is 0 Å². The number of nitrogens with one attached hydrogen (secondary N) is 1. The maximum atomic E-state index is 13.2. The zero-order valence-corrected chi connectivity index (χ0v) is 14.3. The van der Waals surface area contributed by atoms with Gasteiger partial charge in [0, 0.05) is 11.4 Å². The van der Waals surface area contributed by atoms with Gasteiger partial charge in [-0.3, -0.25) is 4.79 Å². The Hall–Kier alpha value is -1.86. The Morgan fingerprint density at radius 2 is 1.96 bits per heavy atom. The predicted octanol–water partition coefficient (Wildman–Crippen LogP) is 4.13. The van der Waals surface area contributed by atoms with Crippen LogP contribution in [0.15, 0.2) is 47.8 Å². The molecule has 1 N–H and O–H groups in total. The first-order valence-electron chi connectivity index (χ1n) is 8.15. The number of nitrogens with zero attached hydrogens (tertiary/aromatic N) is 1. The summed E-state index contributed by atoms with van der Waals surface area (Å²) in [4.78, 5) is 14.1. The lowest BCUT2D eigenvalue weighted by Crippen LogP contribution is -2.53. The molecule has 1 aromatic carbocycles. The van der Waals surface area contributed by atoms with Gasteiger partial charge in [0.2, 0.25) is 0 Å². The first kappa shape index (κ1) is 17.9. The summed E-state index contributed by atoms with van der Waals surface area (Å²) >= 11 is 1.49. The minimum absolute atomic E-state index is 0.0482. The van der Waals surface area contributed by atoms with Crippen LogP contribution >= 0.6 is 11.3 Å². The fraction of sp³-hybridized carbons (Fsp3) is 0.389. The summed E-state index contributed by atoms with van der Waals surface area (Å²) in [7, 11) is 0. The van der Waals surface area contributed by atoms with Crippen LogP contribution in [0.3, 0.4) is 0 Å². The largest absolute Gasteiger partial charge is 0.471 e. The van der Waals surface area contributed by atoms with Gasteiger partial charge in [0.05, 0.1) is 12.1 Å². The van der Waals surface area contributed by atoms with Crippen LogP contribution in [0.25, 0.3) is 0 Å². The van der Waals surface area contributed by atoms with E-state index in [-0.39, 0.29) is 12.6 Å². The van der Waals surface area contributed by atoms with E-state index in [2.05, 4.69) is 5.32 Å². The summed E-state index contributed by atoms with van der Waals surface area (Å²) in [6, 6.07) is 11.8. The normalized spacial score (nSPS) is 21.1. The van der Waals surface area contributed by atoms with Crippen molar-refractivity contribution in [1.82, 2.24) is 10.2 Å². The van der Waals surface area contributed by atoms with Gasteiger partial charge in [-0.1, -0.05) is 36.4 Å². The van der Waals surface area contributed by atoms with Crippen molar-refractivity contribution in [2.75, 3.05) is 6.54 Å². The maximum absolute atomic E-state index is 13.2. The van der Waals surface area contributed by atoms with Crippen LogP contribution < -0.4 is 5.32 Å². The summed E-state index contributed by atoms with van der Waals surface area (Å²) in [5, 5.41) is 5.19. The second-order valence-electron chi connectivity index (χ2n) is 6.07. The molecule has 0 saturated carbocycles. The van der Waals surface area contributed by atoms with Crippen LogP contribution in [0.1, 0.15) is 29.3 Å². The van der Waals surface area contributed by atoms with E-state index in [0.29, 0.717) is 12.0 Å². The second kappa shape index (κ2) is 7.58. The monoisotopic (exact) mass is 368 g/mol. The lowest BCUT2D eigenvalue weighted by molar-refractivity contribution is -0.189. The zero-order chi connectivity index (χ0) is 17.9. The third-order valence-electron chi connectivity index (χ3n) is 4.37. The average molecular weight is 368 g/mol. The van der Waals surface area contributed by atoms with Crippen LogP contribution in [0.4, 0.5) is 13.2 Å². The van der Waals surface area contributed by atoms with Crippen molar-refractivity contribution in [2.24, 2.45) is 0 Å². The molecule has 1 fully saturated rings. The molecule has 1 aliphatic heterocycles. The molecule has 3 nitrogen and oxygen atoms in total. The summed E-state index contributed by atoms with van der Waals surface area (Å²) in [6.45, 7) is 0.686. The Balaban J connectivity index is 1.92. The number of rotatable bonds is 4. The van der Waals surface area contributed by atoms with Gasteiger partial charge in [-0.2, -0.15) is 13.2 Å². The zero-order valence-electron chi connectivity index (χ0n) is 13.5. The third kappa shape index (κ3) is 4.22. The standard InChI is InChI=1S/C18H19F3N2OS/c19-18(20,21)17(24)23(12-13-6-2-1-3-7-13)14-8-4-10-22-16(14)15-9-5-11-25-15/h1-3,5-7,9,11,14,16,22H,4,8,10,12H2/t14-,16+/m1/s1. The second-order valence-corrected chi connectivity index (χ2v) is 7.05. The van der Waals surface area contributed by atoms with Gasteiger partial charge in [0.15, 0.2) is 0 Å². The molecule has 134 valence electrons. The van der Waals surface area contributed by atoms with E-state index in [0.717, 1.165) is 22.7 Å². The van der Waals surface area contributed by atoms with Gasteiger partial charge in [-0.25, -0.2) is 0 Å². The molecule has 25 heavy (non-hydrogen) atoms. The molecule has 3 rings (SSSR count). The smallest absolute Gasteiger partial charge is 0.326 e. The molecule has 2 heterocycles. The number of carbonyl (C=O) groups excluding carboxylic acids is 1. The van der Waals surface area contributed by atoms with Crippen LogP contribution in [0.5, 0.6) is 0 Å². The van der Waals surface area contributed by atoms with E-state index in [4.69, 9.17) is 0 Å². The molecule has 1 saturated heterocycles. The van der Waals surface area contributed by atoms with Gasteiger partial charge in [0.25, 0.3) is 0 Å². The highest BCUT2D eigenvalue weighted by molar-refractivity contribution is 7.10. The first-order chi connectivity index (χ1) is 12.0. The van der Waals surface area contributed by atoms with Gasteiger partial charge in [-0.05, 0) is 36.4 Å². The number of thiophene rings is 1. The van der Waals surface area contributed by atoms with Gasteiger partial charge in [0.1, 0.15) is 0 Å². The summed E-state index contributed by atoms with van der Waals surface area (Å²) in [5.41, 5.74) is 0.690. The van der Waals surface area contributed by atoms with E-state index >= 15 is 0 Å². The van der Waals surface area contributed by atoms with Crippen LogP contribution in [-0.4, -0.2) is 29.6 Å². The average Bonchev–Trinajstić information content (AvgIpc) is 3.14. The molecule has 1 aromatic heterocycles. The molecular weight excluding hydrogens is 349 g/mol. The van der Waals surface area contributed by atoms with Crippen molar-refractivity contribution in [3.05, 3.63) is 58.3 Å². The molecular formula is C18H19F3N2OS. The third-order valence-corrected chi connectivity index (χ3v) is 5.33. The highest BCUT2D eigenvalue weighted by Gasteiger charge is 2.46. The fourth-order valence-corrected chi connectivity index (χ4v) is 4.11. The number of benzene rings is 1. The SMILES string of the molecule is O=C(N(Cc1ccccc1)[C@@H]1CCCN[C@@H]1c1cccs1)C(F)(F)F. The first-order valence-corrected chi connectivity index (χ1v) is 9.03. The highest BCUT2D eigenvalue weighted by Crippen LogP contribution is 2.33. The minimum Gasteiger partial charge on any atom is -0.326 e. The Labute approximate surface area is 148 Å². The van der Waals surface area contributed by atoms with Gasteiger partial charge in [-0.15, -0.1) is 11.3 Å². The van der Waals surface area contributed by atoms with Crippen molar-refractivity contribution in [3.63, 3.8) is 0 Å². The quantitative estimate of drug-likeness (QED) is 0.880. The molecule has 1 aliphatic rings. The van der Waals surface area contributed by atoms with E-state index in [1.165, 1.54) is 11.3 Å². The summed E-state index contributed by atoms with van der Waals surface area (Å²) < 4.78 is 39.7. The number of hydrogen-bond acceptors (Lipinski definition) is 3.